The van der Waals surface area contributed by atoms with Gasteiger partial charge in [0.15, 0.2) is 0 Å². The zero-order valence-electron chi connectivity index (χ0n) is 9.84. The lowest BCUT2D eigenvalue weighted by Gasteiger charge is -2.21. The predicted molar refractivity (Wildman–Crippen MR) is 63.5 cm³/mol. The van der Waals surface area contributed by atoms with Crippen LogP contribution in [0.25, 0.3) is 0 Å². The van der Waals surface area contributed by atoms with Gasteiger partial charge in [0.05, 0.1) is 25.8 Å². The van der Waals surface area contributed by atoms with Gasteiger partial charge in [0.1, 0.15) is 5.75 Å². The van der Waals surface area contributed by atoms with Crippen molar-refractivity contribution in [2.45, 2.75) is 18.6 Å². The highest BCUT2D eigenvalue weighted by atomic mass is 16.5. The molecule has 0 aromatic heterocycles. The van der Waals surface area contributed by atoms with Crippen LogP contribution in [0.3, 0.4) is 0 Å². The topological polar surface area (TPSA) is 56.5 Å². The standard InChI is InChI=1S/C13H16N2O2/c1-17-12-4-2-3-10(7-12)13-8-11(16)9-15(13)6-5-14/h2-4,7,11,13,16H,6,8-9H2,1H3/t11-,13-/m1/s1. The van der Waals surface area contributed by atoms with Gasteiger partial charge in [0.25, 0.3) is 0 Å². The number of benzene rings is 1. The van der Waals surface area contributed by atoms with Crippen molar-refractivity contribution < 1.29 is 9.84 Å². The Morgan fingerprint density at radius 2 is 2.41 bits per heavy atom. The van der Waals surface area contributed by atoms with Crippen molar-refractivity contribution in [3.05, 3.63) is 29.8 Å². The molecule has 0 amide bonds. The molecule has 2 atom stereocenters. The molecular weight excluding hydrogens is 216 g/mol. The van der Waals surface area contributed by atoms with E-state index in [9.17, 15) is 5.11 Å². The summed E-state index contributed by atoms with van der Waals surface area (Å²) in [5.41, 5.74) is 1.09. The first-order valence-corrected chi connectivity index (χ1v) is 5.67. The maximum atomic E-state index is 9.70. The van der Waals surface area contributed by atoms with Gasteiger partial charge in [0.2, 0.25) is 0 Å². The van der Waals surface area contributed by atoms with Crippen LogP contribution in [0.15, 0.2) is 24.3 Å². The summed E-state index contributed by atoms with van der Waals surface area (Å²) < 4.78 is 5.19. The summed E-state index contributed by atoms with van der Waals surface area (Å²) in [5.74, 6) is 0.806. The minimum atomic E-state index is -0.348. The number of nitrogens with zero attached hydrogens (tertiary/aromatic N) is 2. The summed E-state index contributed by atoms with van der Waals surface area (Å²) in [7, 11) is 1.63. The monoisotopic (exact) mass is 232 g/mol. The van der Waals surface area contributed by atoms with E-state index in [1.807, 2.05) is 29.2 Å². The summed E-state index contributed by atoms with van der Waals surface area (Å²) in [6.07, 6.45) is 0.328. The van der Waals surface area contributed by atoms with Gasteiger partial charge in [-0.15, -0.1) is 0 Å². The molecule has 1 fully saturated rings. The number of β-amino-alcohol motifs (C(OH)–C–C–N with tert-alkyl or cyclic N) is 1. The van der Waals surface area contributed by atoms with E-state index in [1.165, 1.54) is 0 Å². The Labute approximate surface area is 101 Å². The third-order valence-electron chi connectivity index (χ3n) is 3.13. The van der Waals surface area contributed by atoms with Gasteiger partial charge in [0, 0.05) is 12.6 Å². The highest BCUT2D eigenvalue weighted by molar-refractivity contribution is 5.31. The molecule has 2 rings (SSSR count). The molecule has 0 unspecified atom stereocenters. The van der Waals surface area contributed by atoms with Crippen LogP contribution in [0.4, 0.5) is 0 Å². The largest absolute Gasteiger partial charge is 0.497 e. The lowest BCUT2D eigenvalue weighted by Crippen LogP contribution is -2.25. The lowest BCUT2D eigenvalue weighted by molar-refractivity contribution is 0.179. The van der Waals surface area contributed by atoms with Gasteiger partial charge < -0.3 is 9.84 Å². The van der Waals surface area contributed by atoms with Crippen molar-refractivity contribution in [1.29, 1.82) is 5.26 Å². The molecule has 1 saturated heterocycles. The Hall–Kier alpha value is -1.57. The number of ether oxygens (including phenoxy) is 1. The number of methoxy groups -OCH3 is 1. The van der Waals surface area contributed by atoms with Gasteiger partial charge in [-0.25, -0.2) is 0 Å². The van der Waals surface area contributed by atoms with Crippen LogP contribution in [0.1, 0.15) is 18.0 Å². The van der Waals surface area contributed by atoms with Crippen LogP contribution in [0.2, 0.25) is 0 Å². The normalized spacial score (nSPS) is 24.5. The first-order valence-electron chi connectivity index (χ1n) is 5.67. The molecule has 90 valence electrons. The Kier molecular flexibility index (Phi) is 3.62. The molecule has 1 aliphatic heterocycles. The quantitative estimate of drug-likeness (QED) is 0.799. The fourth-order valence-corrected chi connectivity index (χ4v) is 2.34. The van der Waals surface area contributed by atoms with Crippen molar-refractivity contribution in [1.82, 2.24) is 4.90 Å². The van der Waals surface area contributed by atoms with Crippen molar-refractivity contribution in [2.75, 3.05) is 20.2 Å². The first-order chi connectivity index (χ1) is 8.24. The van der Waals surface area contributed by atoms with Crippen LogP contribution in [0.5, 0.6) is 5.75 Å². The van der Waals surface area contributed by atoms with Crippen LogP contribution in [0, 0.1) is 11.3 Å². The van der Waals surface area contributed by atoms with E-state index >= 15 is 0 Å². The molecule has 17 heavy (non-hydrogen) atoms. The average Bonchev–Trinajstić information content (AvgIpc) is 2.71. The van der Waals surface area contributed by atoms with E-state index in [0.29, 0.717) is 19.5 Å². The predicted octanol–water partition coefficient (Wildman–Crippen LogP) is 1.33. The van der Waals surface area contributed by atoms with E-state index in [2.05, 4.69) is 6.07 Å². The summed E-state index contributed by atoms with van der Waals surface area (Å²) >= 11 is 0. The smallest absolute Gasteiger partial charge is 0.119 e. The number of hydrogen-bond acceptors (Lipinski definition) is 4. The molecule has 0 spiro atoms. The lowest BCUT2D eigenvalue weighted by atomic mass is 10.0. The van der Waals surface area contributed by atoms with E-state index in [4.69, 9.17) is 10.00 Å². The SMILES string of the molecule is COc1cccc([C@H]2C[C@@H](O)CN2CC#N)c1. The Morgan fingerprint density at radius 3 is 3.12 bits per heavy atom. The number of hydrogen-bond donors (Lipinski definition) is 1. The molecule has 1 aliphatic rings. The second kappa shape index (κ2) is 5.17. The Bertz CT molecular complexity index is 428. The van der Waals surface area contributed by atoms with Gasteiger partial charge in [-0.3, -0.25) is 4.90 Å². The zero-order valence-corrected chi connectivity index (χ0v) is 9.84. The molecule has 4 nitrogen and oxygen atoms in total. The number of rotatable bonds is 3. The van der Waals surface area contributed by atoms with Gasteiger partial charge >= 0.3 is 0 Å². The minimum absolute atomic E-state index is 0.111. The molecular formula is C13H16N2O2. The van der Waals surface area contributed by atoms with Crippen LogP contribution in [-0.2, 0) is 0 Å². The third kappa shape index (κ3) is 2.57. The maximum Gasteiger partial charge on any atom is 0.119 e. The second-order valence-corrected chi connectivity index (χ2v) is 4.27. The summed E-state index contributed by atoms with van der Waals surface area (Å²) in [6, 6.07) is 10.1. The van der Waals surface area contributed by atoms with Gasteiger partial charge in [-0.05, 0) is 24.1 Å². The highest BCUT2D eigenvalue weighted by Crippen LogP contribution is 2.33. The zero-order chi connectivity index (χ0) is 12.3. The first kappa shape index (κ1) is 11.9. The maximum absolute atomic E-state index is 9.70. The fraction of sp³-hybridized carbons (Fsp3) is 0.462. The van der Waals surface area contributed by atoms with Crippen molar-refractivity contribution in [3.63, 3.8) is 0 Å². The molecule has 0 saturated carbocycles. The van der Waals surface area contributed by atoms with Crippen LogP contribution < -0.4 is 4.74 Å². The molecule has 1 aromatic carbocycles. The molecule has 1 N–H and O–H groups in total. The van der Waals surface area contributed by atoms with Crippen molar-refractivity contribution >= 4 is 0 Å². The average molecular weight is 232 g/mol. The third-order valence-corrected chi connectivity index (χ3v) is 3.13. The van der Waals surface area contributed by atoms with E-state index in [1.54, 1.807) is 7.11 Å². The molecule has 0 radical (unpaired) electrons. The van der Waals surface area contributed by atoms with E-state index < -0.39 is 0 Å². The molecule has 1 aromatic rings. The Balaban J connectivity index is 2.22. The molecule has 0 bridgehead atoms. The summed E-state index contributed by atoms with van der Waals surface area (Å²) in [4.78, 5) is 2.00. The summed E-state index contributed by atoms with van der Waals surface area (Å²) in [6.45, 7) is 0.911. The number of aliphatic hydroxyl groups is 1. The number of nitriles is 1. The van der Waals surface area contributed by atoms with Crippen LogP contribution in [-0.4, -0.2) is 36.3 Å². The van der Waals surface area contributed by atoms with Crippen LogP contribution >= 0.6 is 0 Å². The summed E-state index contributed by atoms with van der Waals surface area (Å²) in [5, 5.41) is 18.5. The van der Waals surface area contributed by atoms with E-state index in [0.717, 1.165) is 11.3 Å². The van der Waals surface area contributed by atoms with Gasteiger partial charge in [-0.1, -0.05) is 12.1 Å². The highest BCUT2D eigenvalue weighted by Gasteiger charge is 2.31. The van der Waals surface area contributed by atoms with Crippen molar-refractivity contribution in [3.8, 4) is 11.8 Å². The number of likely N-dealkylation sites (tertiary alicyclic amines) is 1. The van der Waals surface area contributed by atoms with E-state index in [-0.39, 0.29) is 12.1 Å². The molecule has 1 heterocycles. The Morgan fingerprint density at radius 1 is 1.59 bits per heavy atom. The van der Waals surface area contributed by atoms with Gasteiger partial charge in [-0.2, -0.15) is 5.26 Å². The fourth-order valence-electron chi connectivity index (χ4n) is 2.34. The number of aliphatic hydroxyl groups excluding tert-OH is 1. The van der Waals surface area contributed by atoms with Crippen molar-refractivity contribution in [2.24, 2.45) is 0 Å². The molecule has 4 heteroatoms. The molecule has 0 aliphatic carbocycles. The second-order valence-electron chi connectivity index (χ2n) is 4.27. The minimum Gasteiger partial charge on any atom is -0.497 e.